The van der Waals surface area contributed by atoms with Crippen LogP contribution in [0.5, 0.6) is 5.75 Å². The first-order valence-corrected chi connectivity index (χ1v) is 16.5. The van der Waals surface area contributed by atoms with Gasteiger partial charge in [0.25, 0.3) is 30.4 Å². The zero-order valence-corrected chi connectivity index (χ0v) is 25.1. The maximum atomic E-state index is 12.4. The van der Waals surface area contributed by atoms with E-state index < -0.39 is 62.2 Å². The van der Waals surface area contributed by atoms with E-state index in [1.807, 2.05) is 0 Å². The topological polar surface area (TPSA) is 259 Å². The van der Waals surface area contributed by atoms with Gasteiger partial charge in [-0.25, -0.2) is 0 Å². The van der Waals surface area contributed by atoms with Crippen LogP contribution in [0.3, 0.4) is 0 Å². The summed E-state index contributed by atoms with van der Waals surface area (Å²) in [5, 5.41) is 20.2. The van der Waals surface area contributed by atoms with Crippen LogP contribution in [0.25, 0.3) is 21.5 Å². The normalized spacial score (nSPS) is 12.8. The second-order valence-corrected chi connectivity index (χ2v) is 13.6. The van der Waals surface area contributed by atoms with Crippen molar-refractivity contribution >= 4 is 98.1 Å². The van der Waals surface area contributed by atoms with Gasteiger partial charge in [0.15, 0.2) is 5.75 Å². The third-order valence-electron chi connectivity index (χ3n) is 5.90. The number of phenolic OH excluding ortho intramolecular Hbond substituents is 1. The fourth-order valence-electron chi connectivity index (χ4n) is 4.19. The van der Waals surface area contributed by atoms with E-state index in [1.165, 1.54) is 18.2 Å². The highest BCUT2D eigenvalue weighted by Crippen LogP contribution is 2.46. The lowest BCUT2D eigenvalue weighted by atomic mass is 10.1. The molecule has 0 aliphatic heterocycles. The van der Waals surface area contributed by atoms with Gasteiger partial charge in [0, 0.05) is 10.8 Å². The molecule has 0 radical (unpaired) electrons. The molecular weight excluding hydrogens is 687 g/mol. The average molecular weight is 702 g/mol. The predicted molar refractivity (Wildman–Crippen MR) is 156 cm³/mol. The van der Waals surface area contributed by atoms with Crippen LogP contribution >= 0.6 is 23.2 Å². The molecule has 0 unspecified atom stereocenters. The van der Waals surface area contributed by atoms with Crippen LogP contribution in [-0.4, -0.2) is 59.0 Å². The minimum Gasteiger partial charge on any atom is -0.505 e. The Morgan fingerprint density at radius 1 is 0.727 bits per heavy atom. The van der Waals surface area contributed by atoms with E-state index in [1.54, 1.807) is 12.1 Å². The lowest BCUT2D eigenvalue weighted by Gasteiger charge is -2.15. The Kier molecular flexibility index (Phi) is 7.93. The van der Waals surface area contributed by atoms with Gasteiger partial charge in [-0.3, -0.25) is 13.7 Å². The number of fused-ring (bicyclic) bond motifs is 2. The fraction of sp³-hybridized carbons (Fsp3) is 0. The van der Waals surface area contributed by atoms with Crippen LogP contribution in [0.15, 0.2) is 79.5 Å². The molecule has 0 spiro atoms. The lowest BCUT2D eigenvalue weighted by molar-refractivity contribution is 0.472. The monoisotopic (exact) mass is 700 g/mol. The number of nitrogens with one attached hydrogen (secondary N) is 1. The molecule has 1 aromatic heterocycles. The first-order valence-electron chi connectivity index (χ1n) is 11.5. The second kappa shape index (κ2) is 11.1. The Labute approximate surface area is 257 Å². The van der Waals surface area contributed by atoms with E-state index in [2.05, 4.69) is 30.5 Å². The van der Waals surface area contributed by atoms with Crippen molar-refractivity contribution in [1.29, 1.82) is 0 Å². The summed E-state index contributed by atoms with van der Waals surface area (Å²) >= 11 is 11.6. The van der Waals surface area contributed by atoms with Crippen LogP contribution in [0, 0.1) is 0 Å². The molecule has 1 heterocycles. The van der Waals surface area contributed by atoms with E-state index in [9.17, 15) is 44.0 Å². The van der Waals surface area contributed by atoms with Crippen LogP contribution < -0.4 is 5.32 Å². The number of rotatable bonds is 7. The Hall–Kier alpha value is -4.08. The molecule has 0 bridgehead atoms. The first kappa shape index (κ1) is 31.3. The number of anilines is 2. The van der Waals surface area contributed by atoms with Gasteiger partial charge in [-0.2, -0.15) is 40.2 Å². The van der Waals surface area contributed by atoms with E-state index in [4.69, 9.17) is 23.2 Å². The third kappa shape index (κ3) is 6.25. The highest BCUT2D eigenvalue weighted by Gasteiger charge is 2.26. The van der Waals surface area contributed by atoms with Crippen molar-refractivity contribution in [3.63, 3.8) is 0 Å². The first-order chi connectivity index (χ1) is 20.4. The Morgan fingerprint density at radius 3 is 2.00 bits per heavy atom. The van der Waals surface area contributed by atoms with E-state index in [0.717, 1.165) is 18.2 Å². The summed E-state index contributed by atoms with van der Waals surface area (Å²) in [6.45, 7) is 0. The molecule has 44 heavy (non-hydrogen) atoms. The summed E-state index contributed by atoms with van der Waals surface area (Å²) in [5.41, 5.74) is -1.76. The number of aromatic hydroxyl groups is 1. The van der Waals surface area contributed by atoms with E-state index >= 15 is 0 Å². The molecule has 5 aromatic rings. The number of benzene rings is 4. The van der Waals surface area contributed by atoms with Gasteiger partial charge in [-0.15, -0.1) is 10.2 Å². The molecule has 16 nitrogen and oxygen atoms in total. The zero-order valence-electron chi connectivity index (χ0n) is 21.2. The smallest absolute Gasteiger partial charge is 0.297 e. The van der Waals surface area contributed by atoms with Crippen LogP contribution in [-0.2, 0) is 30.4 Å². The molecule has 4 aromatic carbocycles. The minimum absolute atomic E-state index is 0.0445. The number of halogens is 2. The molecule has 0 saturated carbocycles. The summed E-state index contributed by atoms with van der Waals surface area (Å²) in [4.78, 5) is 8.53. The van der Waals surface area contributed by atoms with Gasteiger partial charge >= 0.3 is 0 Å². The highest BCUT2D eigenvalue weighted by molar-refractivity contribution is 7.86. The molecule has 21 heteroatoms. The molecule has 0 aliphatic rings. The van der Waals surface area contributed by atoms with Crippen molar-refractivity contribution in [2.45, 2.75) is 14.7 Å². The third-order valence-corrected chi connectivity index (χ3v) is 8.88. The summed E-state index contributed by atoms with van der Waals surface area (Å²) < 4.78 is 103. The van der Waals surface area contributed by atoms with Crippen molar-refractivity contribution < 1.29 is 44.0 Å². The van der Waals surface area contributed by atoms with Crippen molar-refractivity contribution in [3.8, 4) is 5.75 Å². The molecule has 0 saturated heterocycles. The largest absolute Gasteiger partial charge is 0.505 e. The second-order valence-electron chi connectivity index (χ2n) is 8.72. The van der Waals surface area contributed by atoms with E-state index in [0.29, 0.717) is 11.5 Å². The van der Waals surface area contributed by atoms with Crippen LogP contribution in [0.1, 0.15) is 0 Å². The van der Waals surface area contributed by atoms with Gasteiger partial charge in [0.1, 0.15) is 21.2 Å². The van der Waals surface area contributed by atoms with Gasteiger partial charge in [0.05, 0.1) is 10.6 Å². The highest BCUT2D eigenvalue weighted by atomic mass is 35.5. The maximum absolute atomic E-state index is 12.4. The number of azo groups is 1. The quantitative estimate of drug-likeness (QED) is 0.109. The Bertz CT molecular complexity index is 2370. The van der Waals surface area contributed by atoms with Crippen LogP contribution in [0.4, 0.5) is 23.0 Å². The average Bonchev–Trinajstić information content (AvgIpc) is 2.89. The van der Waals surface area contributed by atoms with Gasteiger partial charge in [0.2, 0.25) is 16.5 Å². The maximum Gasteiger partial charge on any atom is 0.297 e. The summed E-state index contributed by atoms with van der Waals surface area (Å²) in [7, 11) is -15.1. The Balaban J connectivity index is 1.82. The number of hydrogen-bond donors (Lipinski definition) is 5. The molecule has 5 N–H and O–H groups in total. The molecule has 5 rings (SSSR count). The fourth-order valence-corrected chi connectivity index (χ4v) is 6.59. The molecule has 228 valence electrons. The van der Waals surface area contributed by atoms with Crippen molar-refractivity contribution in [1.82, 2.24) is 15.0 Å². The van der Waals surface area contributed by atoms with Crippen molar-refractivity contribution in [2.75, 3.05) is 5.32 Å². The molecule has 0 aliphatic carbocycles. The van der Waals surface area contributed by atoms with Crippen molar-refractivity contribution in [2.24, 2.45) is 10.2 Å². The summed E-state index contributed by atoms with van der Waals surface area (Å²) in [5.74, 6) is -1.40. The van der Waals surface area contributed by atoms with Gasteiger partial charge in [-0.1, -0.05) is 30.3 Å². The molecule has 0 fully saturated rings. The predicted octanol–water partition coefficient (Wildman–Crippen LogP) is 5.09. The summed E-state index contributed by atoms with van der Waals surface area (Å²) in [6, 6.07) is 10.9. The molecular formula is C23H14Cl2N6O10S3. The zero-order chi connectivity index (χ0) is 32.2. The Morgan fingerprint density at radius 2 is 1.39 bits per heavy atom. The summed E-state index contributed by atoms with van der Waals surface area (Å²) in [6.07, 6.45) is 0. The van der Waals surface area contributed by atoms with Crippen molar-refractivity contribution in [3.05, 3.63) is 65.2 Å². The lowest BCUT2D eigenvalue weighted by Crippen LogP contribution is -2.05. The van der Waals surface area contributed by atoms with Crippen LogP contribution in [0.2, 0.25) is 10.6 Å². The number of aromatic nitrogens is 3. The van der Waals surface area contributed by atoms with Gasteiger partial charge < -0.3 is 10.4 Å². The van der Waals surface area contributed by atoms with Gasteiger partial charge in [-0.05, 0) is 58.2 Å². The molecule has 0 atom stereocenters. The standard InChI is InChI=1S/C23H14Cl2N6O10S3/c24-21-27-22(25)29-23(28-21)26-15-9-12(42(33,34)35)7-11-8-16(43(36,37)38)18(19(32)17(11)15)31-30-14-6-5-10-3-1-2-4-13(10)20(14)44(39,40)41/h1-9,32H,(H,33,34,35)(H,36,37,38)(H,39,40,41)(H,26,27,28,29)/b31-30+. The molecule has 0 amide bonds. The number of hydrogen-bond acceptors (Lipinski definition) is 13. The van der Waals surface area contributed by atoms with E-state index in [-0.39, 0.29) is 38.4 Å². The minimum atomic E-state index is -5.24. The SMILES string of the molecule is O=S(=O)(O)c1cc(Nc2nc(Cl)nc(Cl)n2)c2c(O)c(/N=N/c3ccc4ccccc4c3S(=O)(=O)O)c(S(=O)(=O)O)cc2c1. The number of phenols is 1. The number of nitrogens with zero attached hydrogens (tertiary/aromatic N) is 5.